The third-order valence-corrected chi connectivity index (χ3v) is 6.80. The first-order valence-electron chi connectivity index (χ1n) is 12.1. The number of anilines is 1. The standard InChI is InChI=1S/C29H27N3O4/c1-4-19(3)31(28(34)22-10-6-5-9-18(22)2)24-17-26(33)32(29(24)35)21-15-13-20(14-16-21)27-30-23-11-7-8-12-25(23)36-27/h5-16,19,24H,4,17H2,1-3H3. The van der Waals surface area contributed by atoms with Gasteiger partial charge in [-0.1, -0.05) is 37.3 Å². The number of rotatable bonds is 6. The van der Waals surface area contributed by atoms with Gasteiger partial charge in [0.15, 0.2) is 5.58 Å². The summed E-state index contributed by atoms with van der Waals surface area (Å²) in [5.41, 5.74) is 4.01. The van der Waals surface area contributed by atoms with Crippen LogP contribution in [0.2, 0.25) is 0 Å². The molecule has 4 aromatic rings. The smallest absolute Gasteiger partial charge is 0.257 e. The van der Waals surface area contributed by atoms with Gasteiger partial charge in [-0.05, 0) is 68.3 Å². The van der Waals surface area contributed by atoms with Crippen LogP contribution in [0.3, 0.4) is 0 Å². The first-order valence-corrected chi connectivity index (χ1v) is 12.1. The van der Waals surface area contributed by atoms with E-state index < -0.39 is 11.9 Å². The number of benzene rings is 3. The molecular formula is C29H27N3O4. The Morgan fingerprint density at radius 2 is 1.75 bits per heavy atom. The van der Waals surface area contributed by atoms with E-state index in [1.54, 1.807) is 41.3 Å². The molecule has 3 amide bonds. The van der Waals surface area contributed by atoms with Gasteiger partial charge < -0.3 is 9.32 Å². The number of aryl methyl sites for hydroxylation is 1. The van der Waals surface area contributed by atoms with E-state index in [0.29, 0.717) is 29.1 Å². The number of fused-ring (bicyclic) bond motifs is 1. The maximum Gasteiger partial charge on any atom is 0.257 e. The highest BCUT2D eigenvalue weighted by molar-refractivity contribution is 6.23. The van der Waals surface area contributed by atoms with Crippen LogP contribution in [0.4, 0.5) is 5.69 Å². The molecule has 2 atom stereocenters. The van der Waals surface area contributed by atoms with Gasteiger partial charge in [0.05, 0.1) is 12.1 Å². The van der Waals surface area contributed by atoms with Crippen molar-refractivity contribution in [1.82, 2.24) is 9.88 Å². The summed E-state index contributed by atoms with van der Waals surface area (Å²) >= 11 is 0. The SMILES string of the molecule is CCC(C)N(C(=O)c1ccccc1C)C1CC(=O)N(c2ccc(-c3nc4ccccc4o3)cc2)C1=O. The summed E-state index contributed by atoms with van der Waals surface area (Å²) in [6, 6.07) is 20.7. The first-order chi connectivity index (χ1) is 17.4. The van der Waals surface area contributed by atoms with Gasteiger partial charge in [0.25, 0.3) is 11.8 Å². The Hall–Kier alpha value is -4.26. The second kappa shape index (κ2) is 9.41. The van der Waals surface area contributed by atoms with E-state index in [0.717, 1.165) is 16.6 Å². The largest absolute Gasteiger partial charge is 0.436 e. The third kappa shape index (κ3) is 4.06. The topological polar surface area (TPSA) is 83.7 Å². The van der Waals surface area contributed by atoms with E-state index in [-0.39, 0.29) is 24.3 Å². The molecule has 0 spiro atoms. The molecule has 7 nitrogen and oxygen atoms in total. The molecule has 0 N–H and O–H groups in total. The van der Waals surface area contributed by atoms with Crippen LogP contribution in [-0.4, -0.2) is 39.7 Å². The number of carbonyl (C=O) groups excluding carboxylic acids is 3. The zero-order valence-electron chi connectivity index (χ0n) is 20.5. The molecule has 3 aromatic carbocycles. The molecular weight excluding hydrogens is 454 g/mol. The lowest BCUT2D eigenvalue weighted by molar-refractivity contribution is -0.122. The van der Waals surface area contributed by atoms with Gasteiger partial charge in [-0.2, -0.15) is 0 Å². The van der Waals surface area contributed by atoms with Gasteiger partial charge >= 0.3 is 0 Å². The van der Waals surface area contributed by atoms with Crippen LogP contribution in [-0.2, 0) is 9.59 Å². The lowest BCUT2D eigenvalue weighted by Crippen LogP contribution is -2.49. The Morgan fingerprint density at radius 1 is 1.06 bits per heavy atom. The van der Waals surface area contributed by atoms with Crippen LogP contribution < -0.4 is 4.90 Å². The van der Waals surface area contributed by atoms with Crippen molar-refractivity contribution in [3.8, 4) is 11.5 Å². The molecule has 1 fully saturated rings. The maximum atomic E-state index is 13.6. The minimum absolute atomic E-state index is 0.0479. The Balaban J connectivity index is 1.42. The predicted molar refractivity (Wildman–Crippen MR) is 137 cm³/mol. The van der Waals surface area contributed by atoms with Crippen LogP contribution in [0.5, 0.6) is 0 Å². The van der Waals surface area contributed by atoms with Crippen LogP contribution in [0.25, 0.3) is 22.6 Å². The van der Waals surface area contributed by atoms with Crippen LogP contribution in [0, 0.1) is 6.92 Å². The molecule has 7 heteroatoms. The number of hydrogen-bond donors (Lipinski definition) is 0. The van der Waals surface area contributed by atoms with Gasteiger partial charge in [0, 0.05) is 17.2 Å². The summed E-state index contributed by atoms with van der Waals surface area (Å²) in [6.07, 6.45) is 0.614. The van der Waals surface area contributed by atoms with Crippen molar-refractivity contribution >= 4 is 34.5 Å². The lowest BCUT2D eigenvalue weighted by Gasteiger charge is -2.33. The molecule has 2 heterocycles. The fourth-order valence-electron chi connectivity index (χ4n) is 4.65. The highest BCUT2D eigenvalue weighted by Crippen LogP contribution is 2.31. The summed E-state index contributed by atoms with van der Waals surface area (Å²) in [5, 5.41) is 0. The Kier molecular flexibility index (Phi) is 6.14. The van der Waals surface area contributed by atoms with E-state index in [2.05, 4.69) is 4.98 Å². The Labute approximate surface area is 209 Å². The maximum absolute atomic E-state index is 13.6. The second-order valence-electron chi connectivity index (χ2n) is 9.11. The van der Waals surface area contributed by atoms with Crippen molar-refractivity contribution in [3.05, 3.63) is 83.9 Å². The third-order valence-electron chi connectivity index (χ3n) is 6.80. The molecule has 2 unspecified atom stereocenters. The fourth-order valence-corrected chi connectivity index (χ4v) is 4.65. The van der Waals surface area contributed by atoms with Crippen LogP contribution in [0.1, 0.15) is 42.6 Å². The average Bonchev–Trinajstić information content (AvgIpc) is 3.45. The zero-order chi connectivity index (χ0) is 25.4. The molecule has 0 saturated carbocycles. The highest BCUT2D eigenvalue weighted by atomic mass is 16.3. The fraction of sp³-hybridized carbons (Fsp3) is 0.241. The van der Waals surface area contributed by atoms with Crippen LogP contribution >= 0.6 is 0 Å². The summed E-state index contributed by atoms with van der Waals surface area (Å²) < 4.78 is 5.82. The number of amides is 3. The average molecular weight is 482 g/mol. The van der Waals surface area contributed by atoms with Gasteiger partial charge in [-0.3, -0.25) is 14.4 Å². The summed E-state index contributed by atoms with van der Waals surface area (Å²) in [4.78, 5) is 47.4. The lowest BCUT2D eigenvalue weighted by atomic mass is 10.0. The van der Waals surface area contributed by atoms with E-state index in [4.69, 9.17) is 4.42 Å². The van der Waals surface area contributed by atoms with E-state index >= 15 is 0 Å². The van der Waals surface area contributed by atoms with Crippen molar-refractivity contribution in [2.75, 3.05) is 4.90 Å². The Bertz CT molecular complexity index is 1420. The zero-order valence-corrected chi connectivity index (χ0v) is 20.5. The summed E-state index contributed by atoms with van der Waals surface area (Å²) in [7, 11) is 0. The van der Waals surface area contributed by atoms with Gasteiger partial charge in [0.2, 0.25) is 11.8 Å². The molecule has 1 aliphatic heterocycles. The molecule has 0 aliphatic carbocycles. The molecule has 0 radical (unpaired) electrons. The molecule has 1 saturated heterocycles. The van der Waals surface area contributed by atoms with Crippen molar-refractivity contribution in [3.63, 3.8) is 0 Å². The van der Waals surface area contributed by atoms with Crippen molar-refractivity contribution in [2.45, 2.75) is 45.7 Å². The quantitative estimate of drug-likeness (QED) is 0.346. The first kappa shape index (κ1) is 23.5. The molecule has 1 aliphatic rings. The van der Waals surface area contributed by atoms with Crippen molar-refractivity contribution in [2.24, 2.45) is 0 Å². The number of para-hydroxylation sites is 2. The number of nitrogens with zero attached hydrogens (tertiary/aromatic N) is 3. The van der Waals surface area contributed by atoms with E-state index in [9.17, 15) is 14.4 Å². The monoisotopic (exact) mass is 481 g/mol. The number of carbonyl (C=O) groups is 3. The summed E-state index contributed by atoms with van der Waals surface area (Å²) in [5.74, 6) is -0.490. The minimum Gasteiger partial charge on any atom is -0.436 e. The normalized spacial score (nSPS) is 16.5. The molecule has 36 heavy (non-hydrogen) atoms. The summed E-state index contributed by atoms with van der Waals surface area (Å²) in [6.45, 7) is 5.74. The molecule has 182 valence electrons. The van der Waals surface area contributed by atoms with Gasteiger partial charge in [-0.25, -0.2) is 9.88 Å². The molecule has 0 bridgehead atoms. The molecule has 1 aromatic heterocycles. The second-order valence-corrected chi connectivity index (χ2v) is 9.11. The van der Waals surface area contributed by atoms with Gasteiger partial charge in [-0.15, -0.1) is 0 Å². The molecule has 5 rings (SSSR count). The number of imide groups is 1. The van der Waals surface area contributed by atoms with Gasteiger partial charge in [0.1, 0.15) is 11.6 Å². The predicted octanol–water partition coefficient (Wildman–Crippen LogP) is 5.38. The van der Waals surface area contributed by atoms with E-state index in [1.807, 2.05) is 57.2 Å². The van der Waals surface area contributed by atoms with Crippen molar-refractivity contribution < 1.29 is 18.8 Å². The number of aromatic nitrogens is 1. The highest BCUT2D eigenvalue weighted by Gasteiger charge is 2.45. The number of hydrogen-bond acceptors (Lipinski definition) is 5. The minimum atomic E-state index is -0.851. The van der Waals surface area contributed by atoms with Crippen LogP contribution in [0.15, 0.2) is 77.2 Å². The number of oxazole rings is 1. The van der Waals surface area contributed by atoms with Crippen molar-refractivity contribution in [1.29, 1.82) is 0 Å². The van der Waals surface area contributed by atoms with E-state index in [1.165, 1.54) is 4.90 Å². The Morgan fingerprint density at radius 3 is 2.44 bits per heavy atom.